The number of benzene rings is 4. The molecule has 6 rings (SSSR count). The van der Waals surface area contributed by atoms with Crippen molar-refractivity contribution in [3.63, 3.8) is 0 Å². The number of nitrogens with zero attached hydrogens (tertiary/aromatic N) is 1. The molecule has 2 amide bonds. The van der Waals surface area contributed by atoms with E-state index in [0.717, 1.165) is 37.0 Å². The number of β-lactam (4-membered cyclic amide) rings is 1. The number of hydrogen-bond donors (Lipinski definition) is 4. The summed E-state index contributed by atoms with van der Waals surface area (Å²) in [6.07, 6.45) is 0. The van der Waals surface area contributed by atoms with Crippen LogP contribution in [0, 0.1) is 0 Å². The molecule has 4 N–H and O–H groups in total. The van der Waals surface area contributed by atoms with E-state index in [0.29, 0.717) is 17.9 Å². The monoisotopic (exact) mass is 654 g/mol. The van der Waals surface area contributed by atoms with Crippen molar-refractivity contribution in [2.24, 2.45) is 0 Å². The minimum Gasteiger partial charge on any atom is -0.493 e. The maximum absolute atomic E-state index is 13.2. The first-order valence-corrected chi connectivity index (χ1v) is 16.8. The molecule has 47 heavy (non-hydrogen) atoms. The molecule has 2 heterocycles. The topological polar surface area (TPSA) is 120 Å². The second kappa shape index (κ2) is 15.5. The highest BCUT2D eigenvalue weighted by atomic mass is 32.2. The van der Waals surface area contributed by atoms with Gasteiger partial charge in [-0.15, -0.1) is 11.8 Å². The van der Waals surface area contributed by atoms with Crippen LogP contribution in [0.25, 0.3) is 10.8 Å². The number of aliphatic carboxylic acids is 1. The number of carbonyl (C=O) groups is 3. The first-order chi connectivity index (χ1) is 22.7. The van der Waals surface area contributed by atoms with E-state index in [9.17, 15) is 19.5 Å². The third-order valence-corrected chi connectivity index (χ3v) is 9.77. The van der Waals surface area contributed by atoms with Gasteiger partial charge >= 0.3 is 5.97 Å². The Kier molecular flexibility index (Phi) is 11.2. The Balaban J connectivity index is 0.000000207. The molecule has 0 bridgehead atoms. The van der Waals surface area contributed by atoms with Gasteiger partial charge < -0.3 is 30.7 Å². The zero-order valence-electron chi connectivity index (χ0n) is 26.9. The number of fused-ring (bicyclic) bond motifs is 2. The predicted octanol–water partition coefficient (Wildman–Crippen LogP) is 5.05. The fourth-order valence-corrected chi connectivity index (χ4v) is 7.58. The molecule has 2 aliphatic rings. The molecule has 9 nitrogen and oxygen atoms in total. The largest absolute Gasteiger partial charge is 0.493 e. The average Bonchev–Trinajstić information content (AvgIpc) is 3.34. The molecule has 0 spiro atoms. The molecular weight excluding hydrogens is 612 g/mol. The summed E-state index contributed by atoms with van der Waals surface area (Å²) in [7, 11) is 0. The lowest BCUT2D eigenvalue weighted by Crippen LogP contribution is -2.70. The van der Waals surface area contributed by atoms with Crippen molar-refractivity contribution >= 4 is 40.3 Å². The van der Waals surface area contributed by atoms with Gasteiger partial charge in [-0.1, -0.05) is 91.0 Å². The molecule has 0 unspecified atom stereocenters. The van der Waals surface area contributed by atoms with Crippen molar-refractivity contribution in [1.29, 1.82) is 0 Å². The van der Waals surface area contributed by atoms with Gasteiger partial charge in [0.2, 0.25) is 5.91 Å². The molecule has 0 saturated carbocycles. The van der Waals surface area contributed by atoms with Gasteiger partial charge in [0.15, 0.2) is 0 Å². The van der Waals surface area contributed by atoms with Crippen LogP contribution in [-0.2, 0) is 22.7 Å². The molecule has 2 saturated heterocycles. The highest BCUT2D eigenvalue weighted by Gasteiger charge is 2.64. The fraction of sp³-hybridized carbons (Fsp3) is 0.324. The number of carboxylic acids is 1. The van der Waals surface area contributed by atoms with Gasteiger partial charge in [0, 0.05) is 30.9 Å². The van der Waals surface area contributed by atoms with E-state index < -0.39 is 34.1 Å². The van der Waals surface area contributed by atoms with Crippen molar-refractivity contribution in [2.45, 2.75) is 56.1 Å². The lowest BCUT2D eigenvalue weighted by molar-refractivity contribution is -0.159. The molecule has 3 atom stereocenters. The van der Waals surface area contributed by atoms with Gasteiger partial charge in [-0.25, -0.2) is 4.79 Å². The van der Waals surface area contributed by atoms with Crippen molar-refractivity contribution < 1.29 is 24.2 Å². The van der Waals surface area contributed by atoms with Gasteiger partial charge in [-0.2, -0.15) is 0 Å². The number of amides is 2. The Morgan fingerprint density at radius 1 is 0.851 bits per heavy atom. The standard InChI is InChI=1S/C21H22N2O5S.C16H20N2/c1-4-28-13-10-9-11-7-5-6-8-12(11)14(13)17(24)22-15-18(25)23-16(20(26)27)21(2,3)29-19(15)23;1-3-7-15(8-4-1)13-17-11-12-18-14-16-9-5-2-6-10-16/h5-10,15-16,19H,4H2,1-3H3,(H,22,24)(H,26,27);1-10,17-18H,11-14H2/t15-,16+,19-;/m1./s1. The maximum Gasteiger partial charge on any atom is 0.327 e. The average molecular weight is 655 g/mol. The quantitative estimate of drug-likeness (QED) is 0.124. The number of hydrogen-bond acceptors (Lipinski definition) is 7. The number of thioether (sulfide) groups is 1. The van der Waals surface area contributed by atoms with E-state index >= 15 is 0 Å². The Morgan fingerprint density at radius 3 is 2.00 bits per heavy atom. The molecule has 2 aliphatic heterocycles. The van der Waals surface area contributed by atoms with Gasteiger partial charge in [0.1, 0.15) is 23.2 Å². The number of nitrogens with one attached hydrogen (secondary N) is 3. The summed E-state index contributed by atoms with van der Waals surface area (Å²) in [6, 6.07) is 30.4. The molecule has 4 aromatic rings. The number of carboxylic acid groups (broad SMARTS) is 1. The first-order valence-electron chi connectivity index (χ1n) is 15.9. The van der Waals surface area contributed by atoms with E-state index in [-0.39, 0.29) is 5.91 Å². The Hall–Kier alpha value is -4.38. The minimum absolute atomic E-state index is 0.368. The third-order valence-electron chi connectivity index (χ3n) is 8.20. The van der Waals surface area contributed by atoms with Crippen molar-refractivity contribution in [3.8, 4) is 5.75 Å². The fourth-order valence-electron chi connectivity index (χ4n) is 5.95. The highest BCUT2D eigenvalue weighted by Crippen LogP contribution is 2.50. The van der Waals surface area contributed by atoms with Gasteiger partial charge in [-0.3, -0.25) is 9.59 Å². The molecule has 10 heteroatoms. The van der Waals surface area contributed by atoms with E-state index in [1.807, 2.05) is 49.4 Å². The summed E-state index contributed by atoms with van der Waals surface area (Å²) < 4.78 is 5.02. The molecule has 4 aromatic carbocycles. The molecule has 246 valence electrons. The second-order valence-corrected chi connectivity index (χ2v) is 13.7. The van der Waals surface area contributed by atoms with Crippen LogP contribution >= 0.6 is 11.8 Å². The maximum atomic E-state index is 13.2. The molecule has 2 fully saturated rings. The molecule has 0 aliphatic carbocycles. The normalized spacial score (nSPS) is 19.3. The lowest BCUT2D eigenvalue weighted by Gasteiger charge is -2.43. The van der Waals surface area contributed by atoms with E-state index in [1.165, 1.54) is 27.8 Å². The highest BCUT2D eigenvalue weighted by molar-refractivity contribution is 8.01. The van der Waals surface area contributed by atoms with Crippen LogP contribution in [0.5, 0.6) is 5.75 Å². The predicted molar refractivity (Wildman–Crippen MR) is 186 cm³/mol. The Morgan fingerprint density at radius 2 is 1.43 bits per heavy atom. The summed E-state index contributed by atoms with van der Waals surface area (Å²) in [6.45, 7) is 9.71. The van der Waals surface area contributed by atoms with Crippen molar-refractivity contribution in [2.75, 3.05) is 19.7 Å². The van der Waals surface area contributed by atoms with Crippen molar-refractivity contribution in [1.82, 2.24) is 20.9 Å². The smallest absolute Gasteiger partial charge is 0.327 e. The molecule has 0 aromatic heterocycles. The van der Waals surface area contributed by atoms with E-state index in [2.05, 4.69) is 64.5 Å². The second-order valence-electron chi connectivity index (χ2n) is 12.0. The lowest BCUT2D eigenvalue weighted by atomic mass is 9.95. The van der Waals surface area contributed by atoms with Gasteiger partial charge in [-0.05, 0) is 48.7 Å². The summed E-state index contributed by atoms with van der Waals surface area (Å²) >= 11 is 1.40. The van der Waals surface area contributed by atoms with E-state index in [1.54, 1.807) is 19.9 Å². The SMILES string of the molecule is CCOc1ccc2ccccc2c1C(=O)N[C@@H]1C(=O)N2[C@@H]1SC(C)(C)[C@@H]2C(=O)O.c1ccc(CNCCNCc2ccccc2)cc1. The number of ether oxygens (including phenoxy) is 1. The Bertz CT molecular complexity index is 1640. The van der Waals surface area contributed by atoms with E-state index in [4.69, 9.17) is 4.74 Å². The number of rotatable bonds is 12. The van der Waals surface area contributed by atoms with Crippen LogP contribution < -0.4 is 20.7 Å². The van der Waals surface area contributed by atoms with Crippen LogP contribution in [-0.4, -0.2) is 69.7 Å². The Labute approximate surface area is 280 Å². The number of carbonyl (C=O) groups excluding carboxylic acids is 2. The van der Waals surface area contributed by atoms with Crippen LogP contribution in [0.1, 0.15) is 42.3 Å². The summed E-state index contributed by atoms with van der Waals surface area (Å²) in [4.78, 5) is 38.9. The van der Waals surface area contributed by atoms with Crippen LogP contribution in [0.15, 0.2) is 97.1 Å². The first kappa shape index (κ1) is 34.0. The minimum atomic E-state index is -1.03. The zero-order valence-corrected chi connectivity index (χ0v) is 27.8. The van der Waals surface area contributed by atoms with Crippen molar-refractivity contribution in [3.05, 3.63) is 114 Å². The van der Waals surface area contributed by atoms with Crippen LogP contribution in [0.3, 0.4) is 0 Å². The molecule has 0 radical (unpaired) electrons. The third kappa shape index (κ3) is 7.96. The summed E-state index contributed by atoms with van der Waals surface area (Å²) in [5.74, 6) is -1.35. The van der Waals surface area contributed by atoms with Crippen LogP contribution in [0.4, 0.5) is 0 Å². The van der Waals surface area contributed by atoms with Gasteiger partial charge in [0.05, 0.1) is 12.2 Å². The summed E-state index contributed by atoms with van der Waals surface area (Å²) in [5, 5.41) is 20.4. The summed E-state index contributed by atoms with van der Waals surface area (Å²) in [5.41, 5.74) is 3.05. The van der Waals surface area contributed by atoms with Gasteiger partial charge in [0.25, 0.3) is 5.91 Å². The molecular formula is C37H42N4O5S. The van der Waals surface area contributed by atoms with Crippen LogP contribution in [0.2, 0.25) is 0 Å². The zero-order chi connectivity index (χ0) is 33.4.